The molecule has 1 N–H and O–H groups in total. The molecule has 0 amide bonds. The predicted octanol–water partition coefficient (Wildman–Crippen LogP) is 3.63. The van der Waals surface area contributed by atoms with Gasteiger partial charge >= 0.3 is 0 Å². The van der Waals surface area contributed by atoms with Crippen LogP contribution in [-0.4, -0.2) is 15.1 Å². The maximum atomic E-state index is 10.4. The monoisotopic (exact) mass is 297 g/mol. The Kier molecular flexibility index (Phi) is 5.16. The molecule has 0 radical (unpaired) electrons. The molecule has 0 aliphatic rings. The molecule has 0 aliphatic heterocycles. The number of aliphatic hydroxyl groups is 1. The molecular formula is C14H13Cl2NO2. The Morgan fingerprint density at radius 2 is 1.68 bits per heavy atom. The standard InChI is InChI=1S/C14H13Cl2NO2/c15-14(16)19-13(10-5-2-1-3-6-10)12(18)11-7-4-8-17-9-11/h1-9,12-14,18H. The number of hydrogen-bond donors (Lipinski definition) is 1. The molecule has 0 saturated carbocycles. The Morgan fingerprint density at radius 3 is 2.26 bits per heavy atom. The summed E-state index contributed by atoms with van der Waals surface area (Å²) in [6.07, 6.45) is 1.68. The number of halogens is 2. The summed E-state index contributed by atoms with van der Waals surface area (Å²) in [5.74, 6) is 0. The van der Waals surface area contributed by atoms with Crippen LogP contribution >= 0.6 is 23.2 Å². The summed E-state index contributed by atoms with van der Waals surface area (Å²) in [6, 6.07) is 12.8. The first kappa shape index (κ1) is 14.3. The van der Waals surface area contributed by atoms with Gasteiger partial charge in [0.1, 0.15) is 12.2 Å². The highest BCUT2D eigenvalue weighted by Crippen LogP contribution is 2.33. The summed E-state index contributed by atoms with van der Waals surface area (Å²) in [7, 11) is 0. The number of hydrogen-bond acceptors (Lipinski definition) is 3. The van der Waals surface area contributed by atoms with Crippen molar-refractivity contribution in [1.82, 2.24) is 4.98 Å². The van der Waals surface area contributed by atoms with Gasteiger partial charge in [-0.2, -0.15) is 0 Å². The van der Waals surface area contributed by atoms with Gasteiger partial charge < -0.3 is 9.84 Å². The number of alkyl halides is 2. The van der Waals surface area contributed by atoms with Crippen LogP contribution in [0.15, 0.2) is 54.9 Å². The summed E-state index contributed by atoms with van der Waals surface area (Å²) in [5.41, 5.74) is 1.44. The highest BCUT2D eigenvalue weighted by atomic mass is 35.5. The van der Waals surface area contributed by atoms with Crippen molar-refractivity contribution >= 4 is 23.2 Å². The van der Waals surface area contributed by atoms with E-state index in [2.05, 4.69) is 4.98 Å². The van der Waals surface area contributed by atoms with Crippen LogP contribution in [-0.2, 0) is 4.74 Å². The van der Waals surface area contributed by atoms with Crippen molar-refractivity contribution in [2.75, 3.05) is 0 Å². The molecule has 100 valence electrons. The van der Waals surface area contributed by atoms with E-state index in [1.807, 2.05) is 30.3 Å². The molecule has 0 spiro atoms. The van der Waals surface area contributed by atoms with Crippen molar-refractivity contribution in [1.29, 1.82) is 0 Å². The average molecular weight is 298 g/mol. The van der Waals surface area contributed by atoms with Crippen LogP contribution in [0.2, 0.25) is 0 Å². The number of nitrogens with zero attached hydrogens (tertiary/aromatic N) is 1. The van der Waals surface area contributed by atoms with Gasteiger partial charge in [-0.15, -0.1) is 0 Å². The Bertz CT molecular complexity index is 493. The molecule has 1 aromatic heterocycles. The van der Waals surface area contributed by atoms with Gasteiger partial charge in [0, 0.05) is 18.0 Å². The van der Waals surface area contributed by atoms with Gasteiger partial charge in [0.25, 0.3) is 0 Å². The van der Waals surface area contributed by atoms with Crippen LogP contribution in [0.4, 0.5) is 0 Å². The van der Waals surface area contributed by atoms with Gasteiger partial charge in [-0.1, -0.05) is 59.6 Å². The Morgan fingerprint density at radius 1 is 1.00 bits per heavy atom. The summed E-state index contributed by atoms with van der Waals surface area (Å²) in [6.45, 7) is 0. The van der Waals surface area contributed by atoms with Crippen molar-refractivity contribution in [3.05, 3.63) is 66.0 Å². The average Bonchev–Trinajstić information content (AvgIpc) is 2.46. The zero-order valence-corrected chi connectivity index (χ0v) is 11.5. The van der Waals surface area contributed by atoms with Gasteiger partial charge in [0.15, 0.2) is 0 Å². The molecule has 2 atom stereocenters. The molecule has 0 bridgehead atoms. The minimum absolute atomic E-state index is 0.644. The van der Waals surface area contributed by atoms with Gasteiger partial charge in [0.2, 0.25) is 5.02 Å². The Labute approximate surface area is 121 Å². The second-order valence-electron chi connectivity index (χ2n) is 3.96. The van der Waals surface area contributed by atoms with E-state index in [-0.39, 0.29) is 0 Å². The van der Waals surface area contributed by atoms with Crippen LogP contribution in [0.3, 0.4) is 0 Å². The first-order valence-corrected chi connectivity index (χ1v) is 6.62. The number of aliphatic hydroxyl groups excluding tert-OH is 1. The van der Waals surface area contributed by atoms with Crippen molar-refractivity contribution in [3.8, 4) is 0 Å². The van der Waals surface area contributed by atoms with Gasteiger partial charge in [0.05, 0.1) is 0 Å². The molecule has 2 unspecified atom stereocenters. The third-order valence-electron chi connectivity index (χ3n) is 2.69. The maximum Gasteiger partial charge on any atom is 0.207 e. The fourth-order valence-electron chi connectivity index (χ4n) is 1.81. The van der Waals surface area contributed by atoms with E-state index in [9.17, 15) is 5.11 Å². The van der Waals surface area contributed by atoms with E-state index in [4.69, 9.17) is 27.9 Å². The first-order chi connectivity index (χ1) is 9.18. The van der Waals surface area contributed by atoms with Crippen molar-refractivity contribution in [2.24, 2.45) is 0 Å². The number of benzene rings is 1. The molecule has 0 fully saturated rings. The Hall–Kier alpha value is -1.13. The molecular weight excluding hydrogens is 285 g/mol. The van der Waals surface area contributed by atoms with Crippen LogP contribution in [0.1, 0.15) is 23.3 Å². The third kappa shape index (κ3) is 3.91. The van der Waals surface area contributed by atoms with Gasteiger partial charge in [-0.3, -0.25) is 4.98 Å². The molecule has 2 rings (SSSR count). The minimum Gasteiger partial charge on any atom is -0.385 e. The van der Waals surface area contributed by atoms with Gasteiger partial charge in [-0.05, 0) is 11.6 Å². The lowest BCUT2D eigenvalue weighted by molar-refractivity contribution is -0.0342. The fourth-order valence-corrected chi connectivity index (χ4v) is 2.04. The summed E-state index contributed by atoms with van der Waals surface area (Å²) in [5, 5.41) is 9.38. The molecule has 5 heteroatoms. The normalized spacial score (nSPS) is 14.3. The van der Waals surface area contributed by atoms with E-state index < -0.39 is 17.2 Å². The first-order valence-electron chi connectivity index (χ1n) is 5.75. The lowest BCUT2D eigenvalue weighted by Crippen LogP contribution is -2.16. The van der Waals surface area contributed by atoms with Gasteiger partial charge in [-0.25, -0.2) is 0 Å². The zero-order chi connectivity index (χ0) is 13.7. The van der Waals surface area contributed by atoms with Crippen molar-refractivity contribution < 1.29 is 9.84 Å². The lowest BCUT2D eigenvalue weighted by atomic mass is 9.99. The topological polar surface area (TPSA) is 42.4 Å². The molecule has 1 aromatic carbocycles. The van der Waals surface area contributed by atoms with Crippen LogP contribution in [0, 0.1) is 0 Å². The summed E-state index contributed by atoms with van der Waals surface area (Å²) < 4.78 is 5.41. The van der Waals surface area contributed by atoms with E-state index in [0.29, 0.717) is 5.56 Å². The number of rotatable bonds is 5. The zero-order valence-electron chi connectivity index (χ0n) is 9.99. The SMILES string of the molecule is OC(c1cccnc1)C(OC(Cl)Cl)c1ccccc1. The molecule has 0 aliphatic carbocycles. The smallest absolute Gasteiger partial charge is 0.207 e. The van der Waals surface area contributed by atoms with Crippen LogP contribution in [0.5, 0.6) is 0 Å². The summed E-state index contributed by atoms with van der Waals surface area (Å²) in [4.78, 5) is 3.98. The number of pyridine rings is 1. The van der Waals surface area contributed by atoms with E-state index in [0.717, 1.165) is 5.56 Å². The van der Waals surface area contributed by atoms with Crippen molar-refractivity contribution in [2.45, 2.75) is 17.2 Å². The van der Waals surface area contributed by atoms with E-state index in [1.165, 1.54) is 0 Å². The molecule has 0 saturated heterocycles. The van der Waals surface area contributed by atoms with E-state index >= 15 is 0 Å². The minimum atomic E-state index is -1.02. The van der Waals surface area contributed by atoms with Crippen LogP contribution < -0.4 is 0 Å². The lowest BCUT2D eigenvalue weighted by Gasteiger charge is -2.24. The third-order valence-corrected chi connectivity index (χ3v) is 2.90. The number of aromatic nitrogens is 1. The number of ether oxygens (including phenoxy) is 1. The quantitative estimate of drug-likeness (QED) is 0.857. The molecule has 3 nitrogen and oxygen atoms in total. The van der Waals surface area contributed by atoms with E-state index in [1.54, 1.807) is 24.5 Å². The molecule has 19 heavy (non-hydrogen) atoms. The fraction of sp³-hybridized carbons (Fsp3) is 0.214. The highest BCUT2D eigenvalue weighted by molar-refractivity contribution is 6.43. The second-order valence-corrected chi connectivity index (χ2v) is 4.98. The highest BCUT2D eigenvalue weighted by Gasteiger charge is 2.25. The largest absolute Gasteiger partial charge is 0.385 e. The van der Waals surface area contributed by atoms with Crippen molar-refractivity contribution in [3.63, 3.8) is 0 Å². The van der Waals surface area contributed by atoms with Crippen LogP contribution in [0.25, 0.3) is 0 Å². The summed E-state index contributed by atoms with van der Waals surface area (Å²) >= 11 is 11.3. The maximum absolute atomic E-state index is 10.4. The molecule has 2 aromatic rings. The predicted molar refractivity (Wildman–Crippen MR) is 75.0 cm³/mol. The second kappa shape index (κ2) is 6.87. The Balaban J connectivity index is 2.28. The molecule has 1 heterocycles.